The number of hydrogen-bond donors (Lipinski definition) is 0. The maximum atomic E-state index is 12.1. The van der Waals surface area contributed by atoms with E-state index < -0.39 is 10.0 Å². The molecule has 0 radical (unpaired) electrons. The van der Waals surface area contributed by atoms with Crippen molar-refractivity contribution in [3.8, 4) is 11.5 Å². The van der Waals surface area contributed by atoms with Crippen molar-refractivity contribution in [3.63, 3.8) is 0 Å². The van der Waals surface area contributed by atoms with Crippen LogP contribution in [0.5, 0.6) is 11.5 Å². The van der Waals surface area contributed by atoms with Gasteiger partial charge in [0, 0.05) is 12.6 Å². The largest absolute Gasteiger partial charge is 0.493 e. The minimum atomic E-state index is -3.67. The number of hydrogen-bond acceptors (Lipinski definition) is 6. The fourth-order valence-electron chi connectivity index (χ4n) is 2.46. The first-order valence-electron chi connectivity index (χ1n) is 7.40. The summed E-state index contributed by atoms with van der Waals surface area (Å²) in [5.41, 5.74) is 1.31. The molecule has 25 heavy (non-hydrogen) atoms. The summed E-state index contributed by atoms with van der Waals surface area (Å²) in [6.45, 7) is 0. The third-order valence-corrected chi connectivity index (χ3v) is 5.03. The predicted octanol–water partition coefficient (Wildman–Crippen LogP) is 2.12. The lowest BCUT2D eigenvalue weighted by atomic mass is 10.2. The van der Waals surface area contributed by atoms with Gasteiger partial charge in [0.05, 0.1) is 20.4 Å². The van der Waals surface area contributed by atoms with E-state index in [0.717, 1.165) is 5.56 Å². The highest BCUT2D eigenvalue weighted by Crippen LogP contribution is 2.28. The van der Waals surface area contributed by atoms with E-state index in [9.17, 15) is 8.42 Å². The molecule has 7 nitrogen and oxygen atoms in total. The van der Waals surface area contributed by atoms with Crippen LogP contribution in [0.3, 0.4) is 0 Å². The van der Waals surface area contributed by atoms with Gasteiger partial charge >= 0.3 is 0 Å². The van der Waals surface area contributed by atoms with Crippen LogP contribution in [0.2, 0.25) is 0 Å². The molecule has 0 atom stereocenters. The van der Waals surface area contributed by atoms with Crippen LogP contribution in [-0.4, -0.2) is 46.7 Å². The normalized spacial score (nSPS) is 14.9. The highest BCUT2D eigenvalue weighted by atomic mass is 32.2. The van der Waals surface area contributed by atoms with E-state index in [0.29, 0.717) is 17.1 Å². The highest BCUT2D eigenvalue weighted by Gasteiger charge is 2.30. The van der Waals surface area contributed by atoms with Crippen molar-refractivity contribution in [2.24, 2.45) is 9.50 Å². The van der Waals surface area contributed by atoms with Gasteiger partial charge in [-0.2, -0.15) is 13.5 Å². The molecule has 8 heteroatoms. The maximum Gasteiger partial charge on any atom is 0.285 e. The third kappa shape index (κ3) is 3.20. The van der Waals surface area contributed by atoms with Crippen molar-refractivity contribution in [3.05, 3.63) is 53.6 Å². The number of sulfonamides is 1. The Labute approximate surface area is 146 Å². The molecular formula is C17H17N3O4S. The monoisotopic (exact) mass is 359 g/mol. The average molecular weight is 359 g/mol. The summed E-state index contributed by atoms with van der Waals surface area (Å²) >= 11 is 0. The van der Waals surface area contributed by atoms with Gasteiger partial charge in [-0.15, -0.1) is 4.40 Å². The van der Waals surface area contributed by atoms with E-state index in [1.165, 1.54) is 11.1 Å². The molecule has 130 valence electrons. The van der Waals surface area contributed by atoms with Crippen LogP contribution in [0.25, 0.3) is 0 Å². The standard InChI is InChI=1S/C17H17N3O4S/c1-20(17-13-6-4-5-7-16(13)25(21,22)19-17)18-11-12-8-9-14(23-2)15(10-12)24-3/h4-11H,1-3H3/b18-11-. The lowest BCUT2D eigenvalue weighted by Crippen LogP contribution is -2.21. The van der Waals surface area contributed by atoms with Gasteiger partial charge in [-0.3, -0.25) is 0 Å². The summed E-state index contributed by atoms with van der Waals surface area (Å²) in [5.74, 6) is 1.49. The van der Waals surface area contributed by atoms with Gasteiger partial charge in [0.25, 0.3) is 10.0 Å². The van der Waals surface area contributed by atoms with Gasteiger partial charge in [-0.25, -0.2) is 5.01 Å². The molecule has 2 aromatic carbocycles. The van der Waals surface area contributed by atoms with Crippen LogP contribution in [0.4, 0.5) is 0 Å². The zero-order valence-electron chi connectivity index (χ0n) is 14.0. The van der Waals surface area contributed by atoms with E-state index in [1.54, 1.807) is 57.8 Å². The van der Waals surface area contributed by atoms with E-state index in [2.05, 4.69) is 9.50 Å². The van der Waals surface area contributed by atoms with Crippen LogP contribution in [-0.2, 0) is 10.0 Å². The fraction of sp³-hybridized carbons (Fsp3) is 0.176. The number of fused-ring (bicyclic) bond motifs is 1. The van der Waals surface area contributed by atoms with Crippen LogP contribution >= 0.6 is 0 Å². The van der Waals surface area contributed by atoms with Gasteiger partial charge < -0.3 is 9.47 Å². The van der Waals surface area contributed by atoms with Crippen molar-refractivity contribution in [1.82, 2.24) is 5.01 Å². The van der Waals surface area contributed by atoms with Crippen molar-refractivity contribution in [1.29, 1.82) is 0 Å². The van der Waals surface area contributed by atoms with Gasteiger partial charge in [0.1, 0.15) is 4.90 Å². The zero-order valence-corrected chi connectivity index (χ0v) is 14.8. The van der Waals surface area contributed by atoms with Gasteiger partial charge in [0.15, 0.2) is 17.3 Å². The van der Waals surface area contributed by atoms with E-state index in [4.69, 9.17) is 9.47 Å². The minimum absolute atomic E-state index is 0.193. The van der Waals surface area contributed by atoms with E-state index >= 15 is 0 Å². The zero-order chi connectivity index (χ0) is 18.0. The molecule has 0 saturated carbocycles. The topological polar surface area (TPSA) is 80.6 Å². The number of benzene rings is 2. The summed E-state index contributed by atoms with van der Waals surface area (Å²) in [7, 11) is 1.10. The van der Waals surface area contributed by atoms with Gasteiger partial charge in [0.2, 0.25) is 0 Å². The quantitative estimate of drug-likeness (QED) is 0.617. The number of nitrogens with zero attached hydrogens (tertiary/aromatic N) is 3. The maximum absolute atomic E-state index is 12.1. The van der Waals surface area contributed by atoms with Crippen molar-refractivity contribution < 1.29 is 17.9 Å². The summed E-state index contributed by atoms with van der Waals surface area (Å²) in [4.78, 5) is 0.193. The Morgan fingerprint density at radius 1 is 1.08 bits per heavy atom. The second-order valence-corrected chi connectivity index (χ2v) is 6.84. The average Bonchev–Trinajstić information content (AvgIpc) is 2.91. The van der Waals surface area contributed by atoms with E-state index in [-0.39, 0.29) is 10.7 Å². The first kappa shape index (κ1) is 17.0. The second-order valence-electron chi connectivity index (χ2n) is 5.27. The van der Waals surface area contributed by atoms with Crippen molar-refractivity contribution in [2.45, 2.75) is 4.90 Å². The first-order chi connectivity index (χ1) is 12.0. The molecular weight excluding hydrogens is 342 g/mol. The SMILES string of the molecule is COc1ccc(/C=N\N(C)C2=NS(=O)(=O)c3ccccc32)cc1OC. The van der Waals surface area contributed by atoms with Crippen molar-refractivity contribution >= 4 is 22.1 Å². The Kier molecular flexibility index (Phi) is 4.45. The van der Waals surface area contributed by atoms with Gasteiger partial charge in [-0.1, -0.05) is 12.1 Å². The first-order valence-corrected chi connectivity index (χ1v) is 8.84. The Balaban J connectivity index is 1.88. The van der Waals surface area contributed by atoms with Crippen molar-refractivity contribution in [2.75, 3.05) is 21.3 Å². The van der Waals surface area contributed by atoms with E-state index in [1.807, 2.05) is 6.07 Å². The Bertz CT molecular complexity index is 968. The molecule has 1 heterocycles. The molecule has 0 unspecified atom stereocenters. The molecule has 0 aliphatic carbocycles. The minimum Gasteiger partial charge on any atom is -0.493 e. The lowest BCUT2D eigenvalue weighted by Gasteiger charge is -2.12. The second kappa shape index (κ2) is 6.56. The van der Waals surface area contributed by atoms with Crippen LogP contribution in [0, 0.1) is 0 Å². The lowest BCUT2D eigenvalue weighted by molar-refractivity contribution is 0.355. The summed E-state index contributed by atoms with van der Waals surface area (Å²) in [6.07, 6.45) is 1.60. The number of rotatable bonds is 4. The van der Waals surface area contributed by atoms with Gasteiger partial charge in [-0.05, 0) is 35.9 Å². The van der Waals surface area contributed by atoms with Crippen LogP contribution < -0.4 is 9.47 Å². The molecule has 0 aromatic heterocycles. The summed E-state index contributed by atoms with van der Waals surface area (Å²) in [6, 6.07) is 12.0. The number of amidine groups is 1. The number of ether oxygens (including phenoxy) is 2. The summed E-state index contributed by atoms with van der Waals surface area (Å²) < 4.78 is 38.5. The molecule has 3 rings (SSSR count). The molecule has 0 N–H and O–H groups in total. The molecule has 1 aliphatic heterocycles. The molecule has 0 spiro atoms. The van der Waals surface area contributed by atoms with Crippen LogP contribution in [0.15, 0.2) is 56.9 Å². The Morgan fingerprint density at radius 3 is 2.52 bits per heavy atom. The summed E-state index contributed by atoms with van der Waals surface area (Å²) in [5, 5.41) is 5.72. The predicted molar refractivity (Wildman–Crippen MR) is 95.1 cm³/mol. The molecule has 0 fully saturated rings. The molecule has 0 bridgehead atoms. The highest BCUT2D eigenvalue weighted by molar-refractivity contribution is 7.90. The Hall–Kier alpha value is -2.87. The smallest absolute Gasteiger partial charge is 0.285 e. The fourth-order valence-corrected chi connectivity index (χ4v) is 3.69. The third-order valence-electron chi connectivity index (χ3n) is 3.71. The Morgan fingerprint density at radius 2 is 1.80 bits per heavy atom. The number of methoxy groups -OCH3 is 2. The molecule has 0 amide bonds. The molecule has 1 aliphatic rings. The number of hydrazone groups is 1. The molecule has 0 saturated heterocycles. The van der Waals surface area contributed by atoms with Crippen LogP contribution in [0.1, 0.15) is 11.1 Å². The molecule has 2 aromatic rings.